The molecule has 1 heterocycles. The van der Waals surface area contributed by atoms with Gasteiger partial charge < -0.3 is 10.1 Å². The Morgan fingerprint density at radius 1 is 1.24 bits per heavy atom. The number of aryl methyl sites for hydroxylation is 1. The van der Waals surface area contributed by atoms with Crippen molar-refractivity contribution in [3.63, 3.8) is 0 Å². The summed E-state index contributed by atoms with van der Waals surface area (Å²) in [5, 5.41) is 7.73. The molecule has 0 aliphatic rings. The van der Waals surface area contributed by atoms with Gasteiger partial charge in [0.25, 0.3) is 0 Å². The summed E-state index contributed by atoms with van der Waals surface area (Å²) in [6.45, 7) is 6.90. The summed E-state index contributed by atoms with van der Waals surface area (Å²) in [5.41, 5.74) is 2.61. The molecule has 1 aromatic heterocycles. The molecule has 21 heavy (non-hydrogen) atoms. The van der Waals surface area contributed by atoms with E-state index in [2.05, 4.69) is 28.9 Å². The van der Waals surface area contributed by atoms with Crippen LogP contribution in [0.4, 0.5) is 0 Å². The van der Waals surface area contributed by atoms with Crippen molar-refractivity contribution >= 4 is 0 Å². The summed E-state index contributed by atoms with van der Waals surface area (Å²) < 4.78 is 7.85. The van der Waals surface area contributed by atoms with Crippen LogP contribution in [0.1, 0.15) is 37.4 Å². The first kappa shape index (κ1) is 15.6. The highest BCUT2D eigenvalue weighted by molar-refractivity contribution is 5.21. The largest absolute Gasteiger partial charge is 0.494 e. The molecule has 0 unspecified atom stereocenters. The third-order valence-electron chi connectivity index (χ3n) is 3.40. The van der Waals surface area contributed by atoms with Crippen molar-refractivity contribution in [3.8, 4) is 5.75 Å². The highest BCUT2D eigenvalue weighted by Crippen LogP contribution is 2.19. The third-order valence-corrected chi connectivity index (χ3v) is 3.40. The number of aromatic nitrogens is 2. The maximum Gasteiger partial charge on any atom is 0.119 e. The van der Waals surface area contributed by atoms with Gasteiger partial charge in [-0.1, -0.05) is 32.0 Å². The van der Waals surface area contributed by atoms with Gasteiger partial charge >= 0.3 is 0 Å². The number of ether oxygens (including phenoxy) is 1. The van der Waals surface area contributed by atoms with Crippen LogP contribution in [0.3, 0.4) is 0 Å². The van der Waals surface area contributed by atoms with E-state index in [-0.39, 0.29) is 0 Å². The molecular weight excluding hydrogens is 262 g/mol. The lowest BCUT2D eigenvalue weighted by atomic mass is 10.1. The van der Waals surface area contributed by atoms with Crippen molar-refractivity contribution in [1.82, 2.24) is 15.1 Å². The quantitative estimate of drug-likeness (QED) is 0.758. The van der Waals surface area contributed by atoms with Gasteiger partial charge in [0.05, 0.1) is 12.8 Å². The molecule has 0 amide bonds. The summed E-state index contributed by atoms with van der Waals surface area (Å²) in [4.78, 5) is 0. The maximum atomic E-state index is 5.73. The van der Waals surface area contributed by atoms with Gasteiger partial charge in [0.15, 0.2) is 0 Å². The normalized spacial score (nSPS) is 11.0. The maximum absolute atomic E-state index is 5.73. The summed E-state index contributed by atoms with van der Waals surface area (Å²) in [6.07, 6.45) is 2.93. The Morgan fingerprint density at radius 2 is 2.00 bits per heavy atom. The number of para-hydroxylation sites is 1. The first-order valence-electron chi connectivity index (χ1n) is 7.59. The fourth-order valence-electron chi connectivity index (χ4n) is 2.53. The number of hydrogen-bond acceptors (Lipinski definition) is 3. The van der Waals surface area contributed by atoms with Crippen molar-refractivity contribution in [2.45, 2.75) is 39.3 Å². The van der Waals surface area contributed by atoms with Gasteiger partial charge in [0, 0.05) is 30.8 Å². The van der Waals surface area contributed by atoms with Gasteiger partial charge in [-0.05, 0) is 25.1 Å². The van der Waals surface area contributed by atoms with E-state index in [1.807, 2.05) is 43.6 Å². The molecule has 0 aliphatic heterocycles. The van der Waals surface area contributed by atoms with Crippen LogP contribution in [0.15, 0.2) is 36.5 Å². The van der Waals surface area contributed by atoms with Gasteiger partial charge in [0.1, 0.15) is 5.75 Å². The van der Waals surface area contributed by atoms with E-state index in [9.17, 15) is 0 Å². The molecule has 0 radical (unpaired) electrons. The second kappa shape index (κ2) is 7.84. The Hall–Kier alpha value is -1.81. The van der Waals surface area contributed by atoms with Crippen molar-refractivity contribution in [1.29, 1.82) is 0 Å². The molecule has 4 heteroatoms. The van der Waals surface area contributed by atoms with Crippen LogP contribution >= 0.6 is 0 Å². The zero-order valence-electron chi connectivity index (χ0n) is 13.2. The average Bonchev–Trinajstić information content (AvgIpc) is 2.88. The molecule has 0 spiro atoms. The molecule has 0 bridgehead atoms. The van der Waals surface area contributed by atoms with Crippen molar-refractivity contribution in [3.05, 3.63) is 47.8 Å². The minimum atomic E-state index is 0.478. The Morgan fingerprint density at radius 3 is 2.67 bits per heavy atom. The van der Waals surface area contributed by atoms with Gasteiger partial charge in [0.2, 0.25) is 0 Å². The molecule has 0 aliphatic carbocycles. The van der Waals surface area contributed by atoms with Crippen LogP contribution in [0.25, 0.3) is 0 Å². The molecule has 0 saturated carbocycles. The van der Waals surface area contributed by atoms with Crippen LogP contribution in [0, 0.1) is 0 Å². The number of nitrogens with zero attached hydrogens (tertiary/aromatic N) is 2. The van der Waals surface area contributed by atoms with Crippen LogP contribution in [-0.2, 0) is 13.1 Å². The van der Waals surface area contributed by atoms with Gasteiger partial charge in [-0.25, -0.2) is 0 Å². The molecule has 0 saturated heterocycles. The van der Waals surface area contributed by atoms with E-state index in [4.69, 9.17) is 4.74 Å². The molecule has 0 fully saturated rings. The molecule has 2 aromatic rings. The standard InChI is InChI=1S/C17H25N3O/c1-14(2)17-15(12-18-3)13-19-20(17)10-7-11-21-16-8-5-4-6-9-16/h4-6,8-9,13-14,18H,7,10-12H2,1-3H3. The number of benzene rings is 1. The monoisotopic (exact) mass is 287 g/mol. The molecule has 1 N–H and O–H groups in total. The summed E-state index contributed by atoms with van der Waals surface area (Å²) >= 11 is 0. The first-order valence-corrected chi connectivity index (χ1v) is 7.59. The molecule has 2 rings (SSSR count). The molecule has 0 atom stereocenters. The minimum Gasteiger partial charge on any atom is -0.494 e. The zero-order chi connectivity index (χ0) is 15.1. The number of rotatable bonds is 8. The van der Waals surface area contributed by atoms with E-state index in [1.165, 1.54) is 11.3 Å². The van der Waals surface area contributed by atoms with Crippen molar-refractivity contribution in [2.75, 3.05) is 13.7 Å². The number of nitrogens with one attached hydrogen (secondary N) is 1. The van der Waals surface area contributed by atoms with Crippen LogP contribution in [-0.4, -0.2) is 23.4 Å². The SMILES string of the molecule is CNCc1cnn(CCCOc2ccccc2)c1C(C)C. The fraction of sp³-hybridized carbons (Fsp3) is 0.471. The Labute approximate surface area is 127 Å². The van der Waals surface area contributed by atoms with E-state index >= 15 is 0 Å². The average molecular weight is 287 g/mol. The highest BCUT2D eigenvalue weighted by Gasteiger charge is 2.13. The van der Waals surface area contributed by atoms with E-state index in [1.54, 1.807) is 0 Å². The van der Waals surface area contributed by atoms with Gasteiger partial charge in [-0.15, -0.1) is 0 Å². The lowest BCUT2D eigenvalue weighted by molar-refractivity contribution is 0.297. The van der Waals surface area contributed by atoms with E-state index < -0.39 is 0 Å². The summed E-state index contributed by atoms with van der Waals surface area (Å²) in [5.74, 6) is 1.41. The lowest BCUT2D eigenvalue weighted by Crippen LogP contribution is -2.13. The van der Waals surface area contributed by atoms with E-state index in [0.29, 0.717) is 12.5 Å². The molecule has 1 aromatic carbocycles. The Balaban J connectivity index is 1.88. The fourth-order valence-corrected chi connectivity index (χ4v) is 2.53. The highest BCUT2D eigenvalue weighted by atomic mass is 16.5. The summed E-state index contributed by atoms with van der Waals surface area (Å²) in [7, 11) is 1.97. The van der Waals surface area contributed by atoms with Gasteiger partial charge in [-0.2, -0.15) is 5.10 Å². The van der Waals surface area contributed by atoms with Crippen LogP contribution in [0.5, 0.6) is 5.75 Å². The second-order valence-electron chi connectivity index (χ2n) is 5.48. The van der Waals surface area contributed by atoms with Crippen LogP contribution < -0.4 is 10.1 Å². The zero-order valence-corrected chi connectivity index (χ0v) is 13.2. The third kappa shape index (κ3) is 4.33. The van der Waals surface area contributed by atoms with Crippen molar-refractivity contribution < 1.29 is 4.74 Å². The molecular formula is C17H25N3O. The van der Waals surface area contributed by atoms with Crippen molar-refractivity contribution in [2.24, 2.45) is 0 Å². The number of hydrogen-bond donors (Lipinski definition) is 1. The topological polar surface area (TPSA) is 39.1 Å². The first-order chi connectivity index (χ1) is 10.2. The second-order valence-corrected chi connectivity index (χ2v) is 5.48. The smallest absolute Gasteiger partial charge is 0.119 e. The Kier molecular flexibility index (Phi) is 5.81. The predicted molar refractivity (Wildman–Crippen MR) is 85.6 cm³/mol. The predicted octanol–water partition coefficient (Wildman–Crippen LogP) is 3.20. The molecule has 4 nitrogen and oxygen atoms in total. The van der Waals surface area contributed by atoms with Gasteiger partial charge in [-0.3, -0.25) is 4.68 Å². The lowest BCUT2D eigenvalue weighted by Gasteiger charge is -2.13. The van der Waals surface area contributed by atoms with E-state index in [0.717, 1.165) is 25.3 Å². The summed E-state index contributed by atoms with van der Waals surface area (Å²) in [6, 6.07) is 9.94. The minimum absolute atomic E-state index is 0.478. The Bertz CT molecular complexity index is 534. The van der Waals surface area contributed by atoms with Crippen LogP contribution in [0.2, 0.25) is 0 Å². The molecule has 114 valence electrons.